The highest BCUT2D eigenvalue weighted by atomic mass is 19.4. The third-order valence-corrected chi connectivity index (χ3v) is 3.83. The fourth-order valence-corrected chi connectivity index (χ4v) is 2.23. The normalized spacial score (nSPS) is 15.7. The molecule has 148 valence electrons. The number of carboxylic acids is 1. The van der Waals surface area contributed by atoms with Crippen molar-refractivity contribution in [3.63, 3.8) is 0 Å². The molecule has 6 nitrogen and oxygen atoms in total. The summed E-state index contributed by atoms with van der Waals surface area (Å²) in [7, 11) is 0. The molecule has 0 radical (unpaired) electrons. The number of alkyl halides is 6. The topological polar surface area (TPSA) is 95.1 Å². The van der Waals surface area contributed by atoms with Gasteiger partial charge in [0.05, 0.1) is 11.0 Å². The van der Waals surface area contributed by atoms with Crippen LogP contribution in [0.4, 0.5) is 32.0 Å². The average molecular weight is 397 g/mol. The van der Waals surface area contributed by atoms with Gasteiger partial charge < -0.3 is 15.4 Å². The van der Waals surface area contributed by atoms with Gasteiger partial charge in [-0.25, -0.2) is 9.78 Å². The molecule has 2 aromatic rings. The Bertz CT molecular complexity index is 868. The Morgan fingerprint density at radius 2 is 1.74 bits per heavy atom. The fraction of sp³-hybridized carbons (Fsp3) is 0.400. The number of imidazole rings is 1. The minimum atomic E-state index is -5.08. The summed E-state index contributed by atoms with van der Waals surface area (Å²) >= 11 is 0. The van der Waals surface area contributed by atoms with Gasteiger partial charge in [0.25, 0.3) is 0 Å². The van der Waals surface area contributed by atoms with Crippen LogP contribution in [0, 0.1) is 12.3 Å². The van der Waals surface area contributed by atoms with Crippen molar-refractivity contribution in [2.75, 3.05) is 5.32 Å². The van der Waals surface area contributed by atoms with Crippen molar-refractivity contribution in [1.82, 2.24) is 9.97 Å². The molecule has 0 unspecified atom stereocenters. The van der Waals surface area contributed by atoms with Crippen LogP contribution in [0.15, 0.2) is 18.2 Å². The van der Waals surface area contributed by atoms with Crippen LogP contribution in [0.5, 0.6) is 0 Å². The molecule has 0 bridgehead atoms. The largest absolute Gasteiger partial charge is 0.490 e. The lowest BCUT2D eigenvalue weighted by Crippen LogP contribution is -2.36. The number of H-pyrrole nitrogens is 1. The van der Waals surface area contributed by atoms with E-state index in [2.05, 4.69) is 15.3 Å². The Hall–Kier alpha value is -2.79. The summed E-state index contributed by atoms with van der Waals surface area (Å²) in [6.07, 6.45) is -9.87. The van der Waals surface area contributed by atoms with Crippen LogP contribution < -0.4 is 5.32 Å². The maximum Gasteiger partial charge on any atom is 0.490 e. The van der Waals surface area contributed by atoms with E-state index in [1.54, 1.807) is 25.1 Å². The number of amides is 1. The minimum Gasteiger partial charge on any atom is -0.475 e. The molecular formula is C15H13F6N3O3. The minimum absolute atomic E-state index is 0.145. The maximum atomic E-state index is 12.8. The van der Waals surface area contributed by atoms with Crippen LogP contribution in [-0.2, 0) is 9.59 Å². The number of benzene rings is 1. The number of aliphatic carboxylic acids is 1. The van der Waals surface area contributed by atoms with Crippen molar-refractivity contribution >= 4 is 28.6 Å². The van der Waals surface area contributed by atoms with Gasteiger partial charge >= 0.3 is 18.3 Å². The second-order valence-electron chi connectivity index (χ2n) is 5.89. The number of fused-ring (bicyclic) bond motifs is 1. The zero-order chi connectivity index (χ0) is 20.6. The van der Waals surface area contributed by atoms with Crippen LogP contribution in [0.3, 0.4) is 0 Å². The number of halogens is 6. The lowest BCUT2D eigenvalue weighted by molar-refractivity contribution is -0.192. The Morgan fingerprint density at radius 1 is 1.19 bits per heavy atom. The number of carbonyl (C=O) groups is 2. The van der Waals surface area contributed by atoms with Crippen molar-refractivity contribution in [3.8, 4) is 0 Å². The van der Waals surface area contributed by atoms with E-state index in [0.717, 1.165) is 0 Å². The first kappa shape index (κ1) is 20.5. The maximum absolute atomic E-state index is 12.8. The number of carboxylic acid groups (broad SMARTS) is 1. The number of carbonyl (C=O) groups excluding carboxylic acids is 1. The SMILES string of the molecule is Cc1nc2ccc(NC(=O)C3(C(F)(F)F)CC3)cc2[nH]1.O=C(O)C(F)(F)F. The van der Waals surface area contributed by atoms with Crippen molar-refractivity contribution in [1.29, 1.82) is 0 Å². The molecule has 1 fully saturated rings. The van der Waals surface area contributed by atoms with E-state index in [1.165, 1.54) is 0 Å². The van der Waals surface area contributed by atoms with Crippen molar-refractivity contribution in [2.24, 2.45) is 5.41 Å². The van der Waals surface area contributed by atoms with Crippen molar-refractivity contribution < 1.29 is 41.0 Å². The molecule has 27 heavy (non-hydrogen) atoms. The van der Waals surface area contributed by atoms with E-state index in [4.69, 9.17) is 9.90 Å². The van der Waals surface area contributed by atoms with Gasteiger partial charge in [0.15, 0.2) is 0 Å². The summed E-state index contributed by atoms with van der Waals surface area (Å²) in [6, 6.07) is 4.79. The Labute approximate surface area is 147 Å². The zero-order valence-corrected chi connectivity index (χ0v) is 13.6. The summed E-state index contributed by atoms with van der Waals surface area (Å²) in [5.74, 6) is -3.04. The van der Waals surface area contributed by atoms with Gasteiger partial charge in [0.1, 0.15) is 11.2 Å². The molecule has 3 rings (SSSR count). The summed E-state index contributed by atoms with van der Waals surface area (Å²) in [6.45, 7) is 1.78. The van der Waals surface area contributed by atoms with Gasteiger partial charge in [-0.15, -0.1) is 0 Å². The van der Waals surface area contributed by atoms with Gasteiger partial charge in [-0.2, -0.15) is 26.3 Å². The van der Waals surface area contributed by atoms with E-state index in [9.17, 15) is 31.1 Å². The lowest BCUT2D eigenvalue weighted by atomic mass is 10.1. The molecule has 1 saturated carbocycles. The van der Waals surface area contributed by atoms with E-state index < -0.39 is 29.6 Å². The number of aromatic nitrogens is 2. The Morgan fingerprint density at radius 3 is 2.19 bits per heavy atom. The quantitative estimate of drug-likeness (QED) is 0.672. The molecule has 1 aromatic carbocycles. The molecule has 1 heterocycles. The van der Waals surface area contributed by atoms with E-state index in [1.807, 2.05) is 0 Å². The predicted octanol–water partition coefficient (Wildman–Crippen LogP) is 3.79. The fourth-order valence-electron chi connectivity index (χ4n) is 2.23. The average Bonchev–Trinajstić information content (AvgIpc) is 3.24. The first-order valence-electron chi connectivity index (χ1n) is 7.41. The van der Waals surface area contributed by atoms with Crippen LogP contribution in [-0.4, -0.2) is 39.3 Å². The van der Waals surface area contributed by atoms with Crippen molar-refractivity contribution in [3.05, 3.63) is 24.0 Å². The summed E-state index contributed by atoms with van der Waals surface area (Å²) < 4.78 is 70.2. The van der Waals surface area contributed by atoms with Crippen LogP contribution in [0.25, 0.3) is 11.0 Å². The standard InChI is InChI=1S/C13H12F3N3O.C2HF3O2/c1-7-17-9-3-2-8(6-10(9)18-7)19-11(20)12(4-5-12)13(14,15)16;3-2(4,5)1(6)7/h2-3,6H,4-5H2,1H3,(H,17,18)(H,19,20);(H,6,7). The number of hydrogen-bond acceptors (Lipinski definition) is 3. The van der Waals surface area contributed by atoms with Crippen LogP contribution in [0.2, 0.25) is 0 Å². The summed E-state index contributed by atoms with van der Waals surface area (Å²) in [5, 5.41) is 9.47. The smallest absolute Gasteiger partial charge is 0.475 e. The Balaban J connectivity index is 0.000000321. The molecule has 1 aliphatic rings. The van der Waals surface area contributed by atoms with Crippen LogP contribution >= 0.6 is 0 Å². The van der Waals surface area contributed by atoms with E-state index >= 15 is 0 Å². The number of aryl methyl sites for hydroxylation is 1. The zero-order valence-electron chi connectivity index (χ0n) is 13.6. The number of nitrogens with zero attached hydrogens (tertiary/aromatic N) is 1. The molecule has 1 aromatic heterocycles. The molecule has 0 spiro atoms. The second-order valence-corrected chi connectivity index (χ2v) is 5.89. The molecule has 0 saturated heterocycles. The molecule has 3 N–H and O–H groups in total. The number of nitrogens with one attached hydrogen (secondary N) is 2. The van der Waals surface area contributed by atoms with Gasteiger partial charge in [0, 0.05) is 5.69 Å². The first-order chi connectivity index (χ1) is 12.3. The first-order valence-corrected chi connectivity index (χ1v) is 7.41. The number of anilines is 1. The molecule has 12 heteroatoms. The van der Waals surface area contributed by atoms with Crippen LogP contribution in [0.1, 0.15) is 18.7 Å². The Kier molecular flexibility index (Phi) is 5.12. The highest BCUT2D eigenvalue weighted by molar-refractivity contribution is 5.99. The number of rotatable bonds is 2. The number of hydrogen-bond donors (Lipinski definition) is 3. The molecule has 1 amide bonds. The monoisotopic (exact) mass is 397 g/mol. The molecule has 1 aliphatic carbocycles. The molecular weight excluding hydrogens is 384 g/mol. The predicted molar refractivity (Wildman–Crippen MR) is 80.9 cm³/mol. The summed E-state index contributed by atoms with van der Waals surface area (Å²) in [4.78, 5) is 27.9. The van der Waals surface area contributed by atoms with Gasteiger partial charge in [-0.05, 0) is 38.0 Å². The van der Waals surface area contributed by atoms with Gasteiger partial charge in [-0.1, -0.05) is 0 Å². The third-order valence-electron chi connectivity index (χ3n) is 3.83. The van der Waals surface area contributed by atoms with E-state index in [0.29, 0.717) is 22.5 Å². The number of aromatic amines is 1. The molecule has 0 atom stereocenters. The van der Waals surface area contributed by atoms with Gasteiger partial charge in [0.2, 0.25) is 5.91 Å². The highest BCUT2D eigenvalue weighted by Gasteiger charge is 2.68. The lowest BCUT2D eigenvalue weighted by Gasteiger charge is -2.18. The molecule has 0 aliphatic heterocycles. The summed E-state index contributed by atoms with van der Waals surface area (Å²) in [5.41, 5.74) is -0.484. The van der Waals surface area contributed by atoms with Gasteiger partial charge in [-0.3, -0.25) is 4.79 Å². The third kappa shape index (κ3) is 4.49. The van der Waals surface area contributed by atoms with E-state index in [-0.39, 0.29) is 12.8 Å². The highest BCUT2D eigenvalue weighted by Crippen LogP contribution is 2.58. The van der Waals surface area contributed by atoms with Crippen molar-refractivity contribution in [2.45, 2.75) is 32.1 Å². The second kappa shape index (κ2) is 6.74.